The van der Waals surface area contributed by atoms with Crippen LogP contribution in [-0.2, 0) is 17.9 Å². The number of nitrogens with one attached hydrogen (secondary N) is 1. The van der Waals surface area contributed by atoms with Crippen LogP contribution in [0.15, 0.2) is 30.3 Å². The molecule has 1 aliphatic carbocycles. The van der Waals surface area contributed by atoms with Gasteiger partial charge in [0.05, 0.1) is 0 Å². The van der Waals surface area contributed by atoms with E-state index in [1.165, 1.54) is 19.3 Å². The molecule has 3 aliphatic rings. The highest BCUT2D eigenvalue weighted by atomic mass is 16.2. The van der Waals surface area contributed by atoms with E-state index >= 15 is 0 Å². The fourth-order valence-corrected chi connectivity index (χ4v) is 5.37. The molecule has 3 heterocycles. The van der Waals surface area contributed by atoms with E-state index in [0.29, 0.717) is 30.7 Å². The summed E-state index contributed by atoms with van der Waals surface area (Å²) < 4.78 is 1.97. The zero-order valence-electron chi connectivity index (χ0n) is 17.3. The van der Waals surface area contributed by atoms with Gasteiger partial charge in [-0.05, 0) is 30.7 Å². The lowest BCUT2D eigenvalue weighted by molar-refractivity contribution is -0.135. The molecule has 1 N–H and O–H groups in total. The Hall–Kier alpha value is -2.70. The largest absolute Gasteiger partial charge is 0.345 e. The first-order chi connectivity index (χ1) is 14.7. The van der Waals surface area contributed by atoms with E-state index in [9.17, 15) is 9.59 Å². The Balaban J connectivity index is 1.27. The quantitative estimate of drug-likeness (QED) is 0.845. The second-order valence-electron chi connectivity index (χ2n) is 8.94. The molecule has 30 heavy (non-hydrogen) atoms. The van der Waals surface area contributed by atoms with Crippen molar-refractivity contribution >= 4 is 11.8 Å². The third-order valence-corrected chi connectivity index (χ3v) is 7.04. The Morgan fingerprint density at radius 2 is 1.80 bits per heavy atom. The van der Waals surface area contributed by atoms with Gasteiger partial charge in [-0.3, -0.25) is 9.59 Å². The van der Waals surface area contributed by atoms with Crippen molar-refractivity contribution in [3.8, 4) is 0 Å². The van der Waals surface area contributed by atoms with Crippen LogP contribution in [0.1, 0.15) is 66.4 Å². The lowest BCUT2D eigenvalue weighted by Gasteiger charge is -2.26. The van der Waals surface area contributed by atoms with Crippen LogP contribution in [-0.4, -0.2) is 44.6 Å². The molecule has 1 aromatic carbocycles. The average Bonchev–Trinajstić information content (AvgIpc) is 3.42. The molecule has 0 bridgehead atoms. The first kappa shape index (κ1) is 19.3. The Labute approximate surface area is 176 Å². The number of carbonyl (C=O) groups is 2. The van der Waals surface area contributed by atoms with Gasteiger partial charge in [0, 0.05) is 38.0 Å². The molecule has 0 unspecified atom stereocenters. The van der Waals surface area contributed by atoms with Crippen LogP contribution in [0.5, 0.6) is 0 Å². The van der Waals surface area contributed by atoms with Crippen LogP contribution >= 0.6 is 0 Å². The maximum Gasteiger partial charge on any atom is 0.289 e. The van der Waals surface area contributed by atoms with Gasteiger partial charge in [-0.15, -0.1) is 10.2 Å². The lowest BCUT2D eigenvalue weighted by atomic mass is 9.88. The van der Waals surface area contributed by atoms with E-state index in [0.717, 1.165) is 43.7 Å². The van der Waals surface area contributed by atoms with Crippen molar-refractivity contribution in [3.63, 3.8) is 0 Å². The van der Waals surface area contributed by atoms with Crippen molar-refractivity contribution in [2.75, 3.05) is 13.1 Å². The average molecular weight is 408 g/mol. The fraction of sp³-hybridized carbons (Fsp3) is 0.565. The number of hydrogen-bond donors (Lipinski definition) is 1. The lowest BCUT2D eigenvalue weighted by Crippen LogP contribution is -2.35. The Kier molecular flexibility index (Phi) is 5.27. The van der Waals surface area contributed by atoms with Gasteiger partial charge in [0.1, 0.15) is 5.82 Å². The minimum atomic E-state index is -0.191. The predicted octanol–water partition coefficient (Wildman–Crippen LogP) is 2.73. The van der Waals surface area contributed by atoms with Crippen LogP contribution in [0.25, 0.3) is 0 Å². The molecule has 1 aromatic heterocycles. The summed E-state index contributed by atoms with van der Waals surface area (Å²) in [5.74, 6) is 2.21. The second kappa shape index (κ2) is 8.20. The molecule has 158 valence electrons. The molecule has 1 saturated heterocycles. The van der Waals surface area contributed by atoms with Crippen LogP contribution in [0.3, 0.4) is 0 Å². The van der Waals surface area contributed by atoms with E-state index < -0.39 is 0 Å². The molecular formula is C23H29N5O2. The van der Waals surface area contributed by atoms with Crippen LogP contribution in [0.2, 0.25) is 0 Å². The molecule has 7 nitrogen and oxygen atoms in total. The van der Waals surface area contributed by atoms with Crippen molar-refractivity contribution in [3.05, 3.63) is 47.5 Å². The molecule has 7 heteroatoms. The summed E-state index contributed by atoms with van der Waals surface area (Å²) >= 11 is 0. The standard InChI is InChI=1S/C23H29N5O2/c29-22(24-13-16-7-3-1-4-8-16)21-26-25-20-19-15-27(14-18(19)11-12-28(20)21)23(30)17-9-5-2-6-10-17/h1,3-4,7-8,17-19H,2,5-6,9-15H2,(H,24,29)/t18-,19+/m1/s1. The summed E-state index contributed by atoms with van der Waals surface area (Å²) in [4.78, 5) is 27.8. The molecule has 2 amide bonds. The van der Waals surface area contributed by atoms with Crippen molar-refractivity contribution < 1.29 is 9.59 Å². The van der Waals surface area contributed by atoms with Gasteiger partial charge in [-0.2, -0.15) is 0 Å². The Bertz CT molecular complexity index is 919. The SMILES string of the molecule is O=C(NCc1ccccc1)c1nnc2n1CC[C@@H]1CN(C(=O)C3CCCCC3)C[C@H]21. The number of benzene rings is 1. The number of amides is 2. The second-order valence-corrected chi connectivity index (χ2v) is 8.94. The summed E-state index contributed by atoms with van der Waals surface area (Å²) in [7, 11) is 0. The molecule has 0 radical (unpaired) electrons. The molecule has 2 fully saturated rings. The maximum atomic E-state index is 13.0. The number of rotatable bonds is 4. The summed E-state index contributed by atoms with van der Waals surface area (Å²) in [6, 6.07) is 9.85. The number of fused-ring (bicyclic) bond motifs is 3. The monoisotopic (exact) mass is 407 g/mol. The minimum Gasteiger partial charge on any atom is -0.345 e. The minimum absolute atomic E-state index is 0.189. The van der Waals surface area contributed by atoms with Gasteiger partial charge in [0.25, 0.3) is 5.91 Å². The highest BCUT2D eigenvalue weighted by molar-refractivity contribution is 5.90. The van der Waals surface area contributed by atoms with Gasteiger partial charge in [0.15, 0.2) is 0 Å². The Morgan fingerprint density at radius 3 is 2.60 bits per heavy atom. The molecule has 2 aliphatic heterocycles. The molecule has 0 spiro atoms. The third-order valence-electron chi connectivity index (χ3n) is 7.04. The van der Waals surface area contributed by atoms with E-state index in [1.807, 2.05) is 34.9 Å². The molecule has 2 aromatic rings. The first-order valence-corrected chi connectivity index (χ1v) is 11.2. The number of nitrogens with zero attached hydrogens (tertiary/aromatic N) is 4. The van der Waals surface area contributed by atoms with Crippen LogP contribution < -0.4 is 5.32 Å². The fourth-order valence-electron chi connectivity index (χ4n) is 5.37. The van der Waals surface area contributed by atoms with Gasteiger partial charge in [-0.25, -0.2) is 0 Å². The maximum absolute atomic E-state index is 13.0. The van der Waals surface area contributed by atoms with E-state index in [2.05, 4.69) is 20.4 Å². The van der Waals surface area contributed by atoms with Gasteiger partial charge >= 0.3 is 0 Å². The number of likely N-dealkylation sites (tertiary alicyclic amines) is 1. The predicted molar refractivity (Wildman–Crippen MR) is 112 cm³/mol. The first-order valence-electron chi connectivity index (χ1n) is 11.2. The van der Waals surface area contributed by atoms with Gasteiger partial charge < -0.3 is 14.8 Å². The molecular weight excluding hydrogens is 378 g/mol. The molecule has 2 atom stereocenters. The smallest absolute Gasteiger partial charge is 0.289 e. The zero-order chi connectivity index (χ0) is 20.5. The van der Waals surface area contributed by atoms with Gasteiger partial charge in [0.2, 0.25) is 11.7 Å². The van der Waals surface area contributed by atoms with Crippen molar-refractivity contribution in [1.82, 2.24) is 25.0 Å². The number of hydrogen-bond acceptors (Lipinski definition) is 4. The summed E-state index contributed by atoms with van der Waals surface area (Å²) in [5, 5.41) is 11.6. The van der Waals surface area contributed by atoms with Crippen LogP contribution in [0, 0.1) is 11.8 Å². The van der Waals surface area contributed by atoms with Crippen molar-refractivity contribution in [2.45, 2.75) is 57.5 Å². The number of aromatic nitrogens is 3. The summed E-state index contributed by atoms with van der Waals surface area (Å²) in [5.41, 5.74) is 1.05. The normalized spacial score (nSPS) is 23.7. The zero-order valence-corrected chi connectivity index (χ0v) is 17.3. The van der Waals surface area contributed by atoms with Crippen molar-refractivity contribution in [2.24, 2.45) is 11.8 Å². The number of carbonyl (C=O) groups excluding carboxylic acids is 2. The topological polar surface area (TPSA) is 80.1 Å². The van der Waals surface area contributed by atoms with E-state index in [-0.39, 0.29) is 17.7 Å². The van der Waals surface area contributed by atoms with Crippen molar-refractivity contribution in [1.29, 1.82) is 0 Å². The highest BCUT2D eigenvalue weighted by Gasteiger charge is 2.43. The van der Waals surface area contributed by atoms with Gasteiger partial charge in [-0.1, -0.05) is 49.6 Å². The van der Waals surface area contributed by atoms with E-state index in [4.69, 9.17) is 0 Å². The van der Waals surface area contributed by atoms with Crippen LogP contribution in [0.4, 0.5) is 0 Å². The molecule has 5 rings (SSSR count). The third kappa shape index (κ3) is 3.61. The summed E-state index contributed by atoms with van der Waals surface area (Å²) in [6.45, 7) is 2.74. The summed E-state index contributed by atoms with van der Waals surface area (Å²) in [6.07, 6.45) is 6.63. The van der Waals surface area contributed by atoms with E-state index in [1.54, 1.807) is 0 Å². The molecule has 1 saturated carbocycles. The Morgan fingerprint density at radius 1 is 1.00 bits per heavy atom. The highest BCUT2D eigenvalue weighted by Crippen LogP contribution is 2.39.